The zero-order chi connectivity index (χ0) is 33.0. The number of rotatable bonds is 9. The third-order valence-corrected chi connectivity index (χ3v) is 7.96. The Morgan fingerprint density at radius 2 is 0.812 bits per heavy atom. The van der Waals surface area contributed by atoms with Crippen molar-refractivity contribution in [3.63, 3.8) is 0 Å². The number of carbonyl (C=O) groups is 2. The van der Waals surface area contributed by atoms with Gasteiger partial charge in [-0.25, -0.2) is 0 Å². The fraction of sp³-hybridized carbons (Fsp3) is 0.0455. The Morgan fingerprint density at radius 1 is 0.458 bits per heavy atom. The van der Waals surface area contributed by atoms with Crippen molar-refractivity contribution < 1.29 is 9.59 Å². The zero-order valence-corrected chi connectivity index (χ0v) is 26.3. The lowest BCUT2D eigenvalue weighted by Crippen LogP contribution is -2.22. The van der Waals surface area contributed by atoms with Crippen molar-refractivity contribution in [2.24, 2.45) is 0 Å². The number of hydrogen-bond donors (Lipinski definition) is 2. The first-order chi connectivity index (χ1) is 23.6. The molecule has 48 heavy (non-hydrogen) atoms. The molecule has 6 aromatic rings. The van der Waals surface area contributed by atoms with Gasteiger partial charge in [0.05, 0.1) is 11.8 Å². The Kier molecular flexibility index (Phi) is 10.3. The normalized spacial score (nSPS) is 10.8. The zero-order valence-electron chi connectivity index (χ0n) is 26.3. The minimum atomic E-state index is -0.414. The molecule has 0 radical (unpaired) electrons. The first kappa shape index (κ1) is 31.5. The van der Waals surface area contributed by atoms with Gasteiger partial charge < -0.3 is 10.6 Å². The quantitative estimate of drug-likeness (QED) is 0.158. The van der Waals surface area contributed by atoms with E-state index in [0.29, 0.717) is 5.69 Å². The van der Waals surface area contributed by atoms with Crippen molar-refractivity contribution >= 4 is 29.3 Å². The molecule has 2 amide bonds. The summed E-state index contributed by atoms with van der Waals surface area (Å²) in [6, 6.07) is 54.4. The van der Waals surface area contributed by atoms with Gasteiger partial charge in [0, 0.05) is 16.9 Å². The highest BCUT2D eigenvalue weighted by atomic mass is 16.2. The van der Waals surface area contributed by atoms with Crippen molar-refractivity contribution in [2.45, 2.75) is 11.8 Å². The lowest BCUT2D eigenvalue weighted by molar-refractivity contribution is -0.117. The third-order valence-electron chi connectivity index (χ3n) is 7.96. The van der Waals surface area contributed by atoms with Gasteiger partial charge >= 0.3 is 0 Å². The van der Waals surface area contributed by atoms with Crippen LogP contribution in [0.4, 0.5) is 11.4 Å². The van der Waals surface area contributed by atoms with Gasteiger partial charge in [-0.3, -0.25) is 9.59 Å². The average Bonchev–Trinajstić information content (AvgIpc) is 3.13. The summed E-state index contributed by atoms with van der Waals surface area (Å²) in [7, 11) is 0. The molecule has 6 aromatic carbocycles. The number of amides is 2. The molecule has 0 unspecified atom stereocenters. The first-order valence-electron chi connectivity index (χ1n) is 15.8. The first-order valence-corrected chi connectivity index (χ1v) is 15.8. The molecule has 0 saturated carbocycles. The lowest BCUT2D eigenvalue weighted by Gasteiger charge is -2.18. The summed E-state index contributed by atoms with van der Waals surface area (Å²) in [5.41, 5.74) is 7.01. The molecule has 0 aliphatic heterocycles. The van der Waals surface area contributed by atoms with E-state index >= 15 is 0 Å². The van der Waals surface area contributed by atoms with Crippen LogP contribution in [0, 0.1) is 11.8 Å². The van der Waals surface area contributed by atoms with E-state index in [1.807, 2.05) is 176 Å². The second-order valence-corrected chi connectivity index (χ2v) is 11.3. The molecule has 0 heterocycles. The van der Waals surface area contributed by atoms with E-state index < -0.39 is 11.8 Å². The summed E-state index contributed by atoms with van der Waals surface area (Å²) in [5.74, 6) is 5.23. The molecular formula is C44H34N2O2. The summed E-state index contributed by atoms with van der Waals surface area (Å²) in [6.45, 7) is 0. The summed E-state index contributed by atoms with van der Waals surface area (Å²) >= 11 is 0. The molecule has 232 valence electrons. The SMILES string of the molecule is O=C(Nc1ccc(C#C/C=C/c2ccc(NC(=O)C(c3ccccc3)c3ccccc3)cc2)cc1)C(c1ccccc1)c1ccccc1. The van der Waals surface area contributed by atoms with Crippen LogP contribution in [0.1, 0.15) is 45.2 Å². The van der Waals surface area contributed by atoms with Crippen molar-refractivity contribution in [3.05, 3.63) is 209 Å². The number of carbonyl (C=O) groups excluding carboxylic acids is 2. The van der Waals surface area contributed by atoms with Crippen LogP contribution in [0.3, 0.4) is 0 Å². The van der Waals surface area contributed by atoms with E-state index in [0.717, 1.165) is 39.1 Å². The Balaban J connectivity index is 1.06. The van der Waals surface area contributed by atoms with E-state index in [1.54, 1.807) is 6.08 Å². The summed E-state index contributed by atoms with van der Waals surface area (Å²) in [4.78, 5) is 26.8. The summed E-state index contributed by atoms with van der Waals surface area (Å²) in [6.07, 6.45) is 3.73. The van der Waals surface area contributed by atoms with Crippen LogP contribution < -0.4 is 10.6 Å². The van der Waals surface area contributed by atoms with Gasteiger partial charge in [-0.1, -0.05) is 145 Å². The highest BCUT2D eigenvalue weighted by molar-refractivity contribution is 5.99. The lowest BCUT2D eigenvalue weighted by atomic mass is 9.90. The maximum absolute atomic E-state index is 13.4. The molecule has 0 fully saturated rings. The molecular weight excluding hydrogens is 588 g/mol. The molecule has 0 spiro atoms. The van der Waals surface area contributed by atoms with Crippen molar-refractivity contribution in [2.75, 3.05) is 10.6 Å². The van der Waals surface area contributed by atoms with Crippen LogP contribution in [0.25, 0.3) is 6.08 Å². The molecule has 0 atom stereocenters. The molecule has 0 aliphatic rings. The third kappa shape index (κ3) is 8.23. The topological polar surface area (TPSA) is 58.2 Å². The minimum Gasteiger partial charge on any atom is -0.325 e. The standard InChI is InChI=1S/C44H34N2O2/c47-43(41(35-17-5-1-6-18-35)36-19-7-2-8-20-36)45-39-29-25-33(26-30-39)15-13-14-16-34-27-31-40(32-28-34)46-44(48)42(37-21-9-3-10-22-37)38-23-11-4-12-24-38/h1-13,15,17-32,41-42H,(H,45,47)(H,46,48)/b15-13+. The minimum absolute atomic E-state index is 0.0839. The van der Waals surface area contributed by atoms with Gasteiger partial charge in [-0.05, 0) is 76.4 Å². The Bertz CT molecular complexity index is 1950. The van der Waals surface area contributed by atoms with E-state index in [2.05, 4.69) is 22.5 Å². The number of hydrogen-bond acceptors (Lipinski definition) is 2. The predicted molar refractivity (Wildman–Crippen MR) is 196 cm³/mol. The molecule has 0 saturated heterocycles. The van der Waals surface area contributed by atoms with Gasteiger partial charge in [0.15, 0.2) is 0 Å². The molecule has 0 bridgehead atoms. The highest BCUT2D eigenvalue weighted by Crippen LogP contribution is 2.28. The predicted octanol–water partition coefficient (Wildman–Crippen LogP) is 9.29. The molecule has 6 rings (SSSR count). The Labute approximate surface area is 281 Å². The van der Waals surface area contributed by atoms with E-state index in [9.17, 15) is 9.59 Å². The van der Waals surface area contributed by atoms with Gasteiger partial charge in [0.25, 0.3) is 0 Å². The fourth-order valence-electron chi connectivity index (χ4n) is 5.58. The number of benzene rings is 6. The van der Waals surface area contributed by atoms with E-state index in [-0.39, 0.29) is 11.8 Å². The molecule has 0 aliphatic carbocycles. The number of nitrogens with one attached hydrogen (secondary N) is 2. The number of anilines is 2. The van der Waals surface area contributed by atoms with Crippen LogP contribution in [0.2, 0.25) is 0 Å². The van der Waals surface area contributed by atoms with Crippen molar-refractivity contribution in [1.82, 2.24) is 0 Å². The fourth-order valence-corrected chi connectivity index (χ4v) is 5.58. The van der Waals surface area contributed by atoms with Crippen LogP contribution >= 0.6 is 0 Å². The van der Waals surface area contributed by atoms with Crippen LogP contribution in [0.5, 0.6) is 0 Å². The van der Waals surface area contributed by atoms with Crippen LogP contribution in [-0.2, 0) is 9.59 Å². The summed E-state index contributed by atoms with van der Waals surface area (Å²) in [5, 5.41) is 6.14. The van der Waals surface area contributed by atoms with Crippen LogP contribution in [0.15, 0.2) is 176 Å². The monoisotopic (exact) mass is 622 g/mol. The largest absolute Gasteiger partial charge is 0.325 e. The van der Waals surface area contributed by atoms with Crippen molar-refractivity contribution in [1.29, 1.82) is 0 Å². The average molecular weight is 623 g/mol. The Hall–Kier alpha value is -6.44. The van der Waals surface area contributed by atoms with Crippen molar-refractivity contribution in [3.8, 4) is 11.8 Å². The van der Waals surface area contributed by atoms with Gasteiger partial charge in [0.2, 0.25) is 11.8 Å². The molecule has 0 aromatic heterocycles. The second kappa shape index (κ2) is 15.7. The van der Waals surface area contributed by atoms with E-state index in [1.165, 1.54) is 0 Å². The molecule has 4 heteroatoms. The maximum atomic E-state index is 13.4. The molecule has 4 nitrogen and oxygen atoms in total. The smallest absolute Gasteiger partial charge is 0.236 e. The number of allylic oxidation sites excluding steroid dienone is 1. The van der Waals surface area contributed by atoms with Gasteiger partial charge in [-0.2, -0.15) is 0 Å². The van der Waals surface area contributed by atoms with Gasteiger partial charge in [-0.15, -0.1) is 0 Å². The van der Waals surface area contributed by atoms with E-state index in [4.69, 9.17) is 0 Å². The maximum Gasteiger partial charge on any atom is 0.236 e. The van der Waals surface area contributed by atoms with Gasteiger partial charge in [0.1, 0.15) is 0 Å². The highest BCUT2D eigenvalue weighted by Gasteiger charge is 2.23. The summed E-state index contributed by atoms with van der Waals surface area (Å²) < 4.78 is 0. The Morgan fingerprint density at radius 3 is 1.19 bits per heavy atom. The second-order valence-electron chi connectivity index (χ2n) is 11.3. The van der Waals surface area contributed by atoms with Crippen LogP contribution in [-0.4, -0.2) is 11.8 Å². The molecule has 2 N–H and O–H groups in total.